The van der Waals surface area contributed by atoms with E-state index in [4.69, 9.17) is 6.42 Å². The molecule has 1 rings (SSSR count). The number of urea groups is 1. The Labute approximate surface area is 133 Å². The molecule has 0 saturated carbocycles. The van der Waals surface area contributed by atoms with E-state index in [9.17, 15) is 13.2 Å². The van der Waals surface area contributed by atoms with Crippen molar-refractivity contribution in [1.82, 2.24) is 15.5 Å². The van der Waals surface area contributed by atoms with Crippen molar-refractivity contribution in [3.63, 3.8) is 0 Å². The van der Waals surface area contributed by atoms with Crippen LogP contribution < -0.4 is 10.6 Å². The molecule has 0 bridgehead atoms. The molecule has 1 aliphatic heterocycles. The Morgan fingerprint density at radius 1 is 1.36 bits per heavy atom. The predicted molar refractivity (Wildman–Crippen MR) is 88.3 cm³/mol. The molecular weight excluding hydrogens is 302 g/mol. The molecule has 0 aliphatic carbocycles. The first kappa shape index (κ1) is 18.8. The third kappa shape index (κ3) is 7.14. The van der Waals surface area contributed by atoms with Crippen molar-refractivity contribution in [2.24, 2.45) is 5.92 Å². The summed E-state index contributed by atoms with van der Waals surface area (Å²) >= 11 is 0. The minimum Gasteiger partial charge on any atom is -0.335 e. The highest BCUT2D eigenvalue weighted by Gasteiger charge is 2.22. The lowest BCUT2D eigenvalue weighted by atomic mass is 10.0. The van der Waals surface area contributed by atoms with Gasteiger partial charge in [-0.15, -0.1) is 6.42 Å². The maximum atomic E-state index is 11.9. The molecule has 2 N–H and O–H groups in total. The van der Waals surface area contributed by atoms with Crippen LogP contribution in [0.3, 0.4) is 0 Å². The second kappa shape index (κ2) is 8.39. The highest BCUT2D eigenvalue weighted by atomic mass is 32.2. The van der Waals surface area contributed by atoms with Gasteiger partial charge in [-0.1, -0.05) is 19.8 Å². The standard InChI is InChI=1S/C15H27N3O3S/c1-5-14(12(2)3)17-15(19)16-13-6-8-18(9-7-13)10-11-22(4,20)21/h1,12-14H,6-11H2,2-4H3,(H2,16,17,19)/t14-/m0/s1. The van der Waals surface area contributed by atoms with E-state index in [0.29, 0.717) is 6.54 Å². The topological polar surface area (TPSA) is 78.5 Å². The van der Waals surface area contributed by atoms with E-state index >= 15 is 0 Å². The van der Waals surface area contributed by atoms with Crippen LogP contribution in [-0.4, -0.2) is 63.1 Å². The van der Waals surface area contributed by atoms with E-state index < -0.39 is 9.84 Å². The molecular formula is C15H27N3O3S. The van der Waals surface area contributed by atoms with Crippen LogP contribution in [0.2, 0.25) is 0 Å². The first-order valence-corrected chi connectivity index (χ1v) is 9.70. The third-order valence-electron chi connectivity index (χ3n) is 3.83. The SMILES string of the molecule is C#C[C@H](NC(=O)NC1CCN(CCS(C)(=O)=O)CC1)C(C)C. The van der Waals surface area contributed by atoms with Crippen molar-refractivity contribution < 1.29 is 13.2 Å². The van der Waals surface area contributed by atoms with Gasteiger partial charge in [-0.05, 0) is 18.8 Å². The Bertz CT molecular complexity index is 503. The molecule has 0 aromatic carbocycles. The summed E-state index contributed by atoms with van der Waals surface area (Å²) in [6.07, 6.45) is 8.28. The number of carbonyl (C=O) groups is 1. The number of rotatable bonds is 6. The summed E-state index contributed by atoms with van der Waals surface area (Å²) in [6, 6.07) is -0.388. The maximum absolute atomic E-state index is 11.9. The molecule has 0 aromatic heterocycles. The van der Waals surface area contributed by atoms with Crippen LogP contribution in [0.1, 0.15) is 26.7 Å². The highest BCUT2D eigenvalue weighted by molar-refractivity contribution is 7.90. The molecule has 1 heterocycles. The van der Waals surface area contributed by atoms with Crippen LogP contribution in [0.4, 0.5) is 4.79 Å². The van der Waals surface area contributed by atoms with Gasteiger partial charge in [0, 0.05) is 31.9 Å². The lowest BCUT2D eigenvalue weighted by Gasteiger charge is -2.32. The number of hydrogen-bond acceptors (Lipinski definition) is 4. The zero-order valence-electron chi connectivity index (χ0n) is 13.6. The predicted octanol–water partition coefficient (Wildman–Crippen LogP) is 0.452. The Morgan fingerprint density at radius 3 is 2.41 bits per heavy atom. The summed E-state index contributed by atoms with van der Waals surface area (Å²) in [5.41, 5.74) is 0. The fourth-order valence-electron chi connectivity index (χ4n) is 2.36. The lowest BCUT2D eigenvalue weighted by Crippen LogP contribution is -2.51. The van der Waals surface area contributed by atoms with Gasteiger partial charge in [0.2, 0.25) is 0 Å². The van der Waals surface area contributed by atoms with Gasteiger partial charge in [0.1, 0.15) is 9.84 Å². The average molecular weight is 329 g/mol. The molecule has 1 aliphatic rings. The summed E-state index contributed by atoms with van der Waals surface area (Å²) in [5, 5.41) is 5.73. The molecule has 0 spiro atoms. The number of likely N-dealkylation sites (tertiary alicyclic amines) is 1. The quantitative estimate of drug-likeness (QED) is 0.694. The molecule has 0 unspecified atom stereocenters. The number of terminal acetylenes is 1. The largest absolute Gasteiger partial charge is 0.335 e. The summed E-state index contributed by atoms with van der Waals surface area (Å²) in [6.45, 7) is 6.08. The van der Waals surface area contributed by atoms with E-state index in [1.807, 2.05) is 13.8 Å². The summed E-state index contributed by atoms with van der Waals surface area (Å²) in [5.74, 6) is 2.94. The molecule has 1 atom stereocenters. The second-order valence-corrected chi connectivity index (χ2v) is 8.51. The van der Waals surface area contributed by atoms with Gasteiger partial charge in [-0.3, -0.25) is 0 Å². The number of piperidine rings is 1. The van der Waals surface area contributed by atoms with Crippen molar-refractivity contribution in [1.29, 1.82) is 0 Å². The summed E-state index contributed by atoms with van der Waals surface area (Å²) in [4.78, 5) is 14.0. The minimum atomic E-state index is -2.92. The smallest absolute Gasteiger partial charge is 0.315 e. The molecule has 2 amide bonds. The number of amides is 2. The van der Waals surface area contributed by atoms with Crippen LogP contribution in [0.25, 0.3) is 0 Å². The molecule has 7 heteroatoms. The minimum absolute atomic E-state index is 0.111. The molecule has 1 fully saturated rings. The summed E-state index contributed by atoms with van der Waals surface area (Å²) in [7, 11) is -2.92. The van der Waals surface area contributed by atoms with E-state index in [1.54, 1.807) is 0 Å². The Kier molecular flexibility index (Phi) is 7.17. The molecule has 22 heavy (non-hydrogen) atoms. The molecule has 1 saturated heterocycles. The van der Waals surface area contributed by atoms with Crippen LogP contribution in [-0.2, 0) is 9.84 Å². The Hall–Kier alpha value is -1.26. The van der Waals surface area contributed by atoms with Crippen molar-refractivity contribution in [3.05, 3.63) is 0 Å². The number of nitrogens with one attached hydrogen (secondary N) is 2. The van der Waals surface area contributed by atoms with Gasteiger partial charge in [0.15, 0.2) is 0 Å². The maximum Gasteiger partial charge on any atom is 0.315 e. The van der Waals surface area contributed by atoms with Crippen LogP contribution >= 0.6 is 0 Å². The molecule has 6 nitrogen and oxygen atoms in total. The molecule has 0 radical (unpaired) electrons. The fourth-order valence-corrected chi connectivity index (χ4v) is 2.95. The van der Waals surface area contributed by atoms with Crippen molar-refractivity contribution in [3.8, 4) is 12.3 Å². The van der Waals surface area contributed by atoms with Crippen LogP contribution in [0.15, 0.2) is 0 Å². The molecule has 126 valence electrons. The zero-order valence-corrected chi connectivity index (χ0v) is 14.4. The monoisotopic (exact) mass is 329 g/mol. The van der Waals surface area contributed by atoms with Crippen molar-refractivity contribution >= 4 is 15.9 Å². The van der Waals surface area contributed by atoms with E-state index in [0.717, 1.165) is 25.9 Å². The van der Waals surface area contributed by atoms with Gasteiger partial charge in [-0.2, -0.15) is 0 Å². The normalized spacial score (nSPS) is 18.7. The number of sulfone groups is 1. The molecule has 0 aromatic rings. The van der Waals surface area contributed by atoms with Crippen molar-refractivity contribution in [2.45, 2.75) is 38.8 Å². The first-order chi connectivity index (χ1) is 10.2. The lowest BCUT2D eigenvalue weighted by molar-refractivity contribution is 0.197. The average Bonchev–Trinajstić information content (AvgIpc) is 2.43. The van der Waals surface area contributed by atoms with Crippen LogP contribution in [0.5, 0.6) is 0 Å². The van der Waals surface area contributed by atoms with Crippen LogP contribution in [0, 0.1) is 18.3 Å². The zero-order chi connectivity index (χ0) is 16.8. The van der Waals surface area contributed by atoms with E-state index in [1.165, 1.54) is 6.26 Å². The second-order valence-electron chi connectivity index (χ2n) is 6.25. The fraction of sp³-hybridized carbons (Fsp3) is 0.800. The highest BCUT2D eigenvalue weighted by Crippen LogP contribution is 2.10. The van der Waals surface area contributed by atoms with E-state index in [-0.39, 0.29) is 29.8 Å². The number of nitrogens with zero attached hydrogens (tertiary/aromatic N) is 1. The Balaban J connectivity index is 2.31. The number of carbonyl (C=O) groups excluding carboxylic acids is 1. The Morgan fingerprint density at radius 2 is 1.95 bits per heavy atom. The van der Waals surface area contributed by atoms with Gasteiger partial charge in [0.05, 0.1) is 11.8 Å². The van der Waals surface area contributed by atoms with Crippen molar-refractivity contribution in [2.75, 3.05) is 31.6 Å². The van der Waals surface area contributed by atoms with E-state index in [2.05, 4.69) is 21.5 Å². The summed E-state index contributed by atoms with van der Waals surface area (Å²) < 4.78 is 22.3. The number of hydrogen-bond donors (Lipinski definition) is 2. The first-order valence-electron chi connectivity index (χ1n) is 7.64. The van der Waals surface area contributed by atoms with Gasteiger partial charge >= 0.3 is 6.03 Å². The van der Waals surface area contributed by atoms with Gasteiger partial charge in [-0.25, -0.2) is 13.2 Å². The van der Waals surface area contributed by atoms with Gasteiger partial charge < -0.3 is 15.5 Å². The third-order valence-corrected chi connectivity index (χ3v) is 4.76. The van der Waals surface area contributed by atoms with Gasteiger partial charge in [0.25, 0.3) is 0 Å².